The Hall–Kier alpha value is -1.61. The Labute approximate surface area is 167 Å². The van der Waals surface area contributed by atoms with E-state index < -0.39 is 5.60 Å². The summed E-state index contributed by atoms with van der Waals surface area (Å²) in [6.45, 7) is 2.34. The summed E-state index contributed by atoms with van der Waals surface area (Å²) in [5.74, 6) is 3.22. The van der Waals surface area contributed by atoms with E-state index in [1.165, 1.54) is 18.4 Å². The molecular weight excluding hydrogens is 348 g/mol. The van der Waals surface area contributed by atoms with Gasteiger partial charge in [0.1, 0.15) is 5.75 Å². The van der Waals surface area contributed by atoms with Crippen LogP contribution in [0.5, 0.6) is 5.75 Å². The van der Waals surface area contributed by atoms with Gasteiger partial charge in [-0.25, -0.2) is 0 Å². The van der Waals surface area contributed by atoms with Crippen LogP contribution in [0.1, 0.15) is 63.9 Å². The predicted octanol–water partition coefficient (Wildman–Crippen LogP) is 4.81. The average Bonchev–Trinajstić information content (AvgIpc) is 2.94. The largest absolute Gasteiger partial charge is 0.508 e. The lowest BCUT2D eigenvalue weighted by Gasteiger charge is -2.55. The van der Waals surface area contributed by atoms with Crippen molar-refractivity contribution in [3.63, 3.8) is 0 Å². The topological polar surface area (TPSA) is 57.5 Å². The first-order valence-corrected chi connectivity index (χ1v) is 11.1. The number of aromatic hydroxyl groups is 1. The van der Waals surface area contributed by atoms with E-state index in [1.54, 1.807) is 12.1 Å². The molecule has 0 radical (unpaired) electrons. The second kappa shape index (κ2) is 6.45. The summed E-state index contributed by atoms with van der Waals surface area (Å²) >= 11 is 0. The van der Waals surface area contributed by atoms with Gasteiger partial charge in [-0.3, -0.25) is 4.79 Å². The van der Waals surface area contributed by atoms with Crippen molar-refractivity contribution in [2.75, 3.05) is 0 Å². The maximum absolute atomic E-state index is 11.9. The number of aliphatic hydroxyl groups is 1. The van der Waals surface area contributed by atoms with Crippen molar-refractivity contribution in [2.45, 2.75) is 70.3 Å². The summed E-state index contributed by atoms with van der Waals surface area (Å²) in [5.41, 5.74) is 1.86. The fourth-order valence-corrected chi connectivity index (χ4v) is 7.53. The highest BCUT2D eigenvalue weighted by Crippen LogP contribution is 2.65. The maximum atomic E-state index is 11.9. The lowest BCUT2D eigenvalue weighted by Crippen LogP contribution is -2.53. The van der Waals surface area contributed by atoms with Gasteiger partial charge in [0.25, 0.3) is 0 Å². The van der Waals surface area contributed by atoms with Crippen LogP contribution >= 0.6 is 0 Å². The van der Waals surface area contributed by atoms with Crippen LogP contribution in [-0.4, -0.2) is 21.6 Å². The van der Waals surface area contributed by atoms with Crippen molar-refractivity contribution in [3.05, 3.63) is 41.5 Å². The second-order valence-electron chi connectivity index (χ2n) is 10.2. The molecule has 5 rings (SSSR count). The quantitative estimate of drug-likeness (QED) is 0.774. The van der Waals surface area contributed by atoms with E-state index in [1.807, 2.05) is 18.2 Å². The van der Waals surface area contributed by atoms with E-state index in [9.17, 15) is 15.0 Å². The Morgan fingerprint density at radius 2 is 1.79 bits per heavy atom. The molecule has 0 aromatic heterocycles. The van der Waals surface area contributed by atoms with Crippen LogP contribution in [0.4, 0.5) is 0 Å². The molecule has 3 heteroatoms. The highest BCUT2D eigenvalue weighted by molar-refractivity contribution is 5.91. The molecule has 2 N–H and O–H groups in total. The van der Waals surface area contributed by atoms with Crippen molar-refractivity contribution in [3.8, 4) is 5.75 Å². The number of hydrogen-bond donors (Lipinski definition) is 2. The van der Waals surface area contributed by atoms with Gasteiger partial charge in [-0.1, -0.05) is 24.6 Å². The molecule has 1 aromatic rings. The third-order valence-corrected chi connectivity index (χ3v) is 9.05. The molecule has 4 aliphatic rings. The van der Waals surface area contributed by atoms with E-state index in [0.717, 1.165) is 44.1 Å². The van der Waals surface area contributed by atoms with Gasteiger partial charge in [0.2, 0.25) is 0 Å². The monoisotopic (exact) mass is 380 g/mol. The van der Waals surface area contributed by atoms with Crippen LogP contribution in [0.2, 0.25) is 0 Å². The average molecular weight is 381 g/mol. The maximum Gasteiger partial charge on any atom is 0.155 e. The zero-order chi connectivity index (χ0) is 19.5. The Morgan fingerprint density at radius 3 is 2.57 bits per heavy atom. The zero-order valence-corrected chi connectivity index (χ0v) is 16.9. The van der Waals surface area contributed by atoms with Gasteiger partial charge in [0, 0.05) is 12.8 Å². The summed E-state index contributed by atoms with van der Waals surface area (Å²) in [5, 5.41) is 21.4. The Bertz CT molecular complexity index is 810. The fraction of sp³-hybridized carbons (Fsp3) is 0.640. The van der Waals surface area contributed by atoms with E-state index in [0.29, 0.717) is 35.9 Å². The highest BCUT2D eigenvalue weighted by Gasteiger charge is 2.62. The van der Waals surface area contributed by atoms with Gasteiger partial charge < -0.3 is 10.2 Å². The minimum Gasteiger partial charge on any atom is -0.508 e. The summed E-state index contributed by atoms with van der Waals surface area (Å²) in [6, 6.07) is 7.35. The van der Waals surface area contributed by atoms with Crippen molar-refractivity contribution >= 4 is 5.78 Å². The van der Waals surface area contributed by atoms with E-state index in [-0.39, 0.29) is 11.2 Å². The molecule has 0 bridgehead atoms. The van der Waals surface area contributed by atoms with E-state index >= 15 is 0 Å². The molecular formula is C25H32O3. The third kappa shape index (κ3) is 2.69. The molecule has 0 unspecified atom stereocenters. The first kappa shape index (κ1) is 18.4. The molecule has 150 valence electrons. The van der Waals surface area contributed by atoms with Crippen LogP contribution < -0.4 is 0 Å². The molecule has 28 heavy (non-hydrogen) atoms. The van der Waals surface area contributed by atoms with E-state index in [4.69, 9.17) is 0 Å². The number of benzene rings is 1. The minimum absolute atomic E-state index is 0.0300. The number of fused-ring (bicyclic) bond motifs is 5. The van der Waals surface area contributed by atoms with Crippen LogP contribution in [0.15, 0.2) is 35.9 Å². The minimum atomic E-state index is -0.655. The fourth-order valence-electron chi connectivity index (χ4n) is 7.53. The SMILES string of the molecule is C[C@]12CC[C@H]3[C@@H](CCC4=CC(=O)CC[C@@H]43)[C@@H]1CC[C@@]2(O)Cc1ccc(O)cc1. The lowest BCUT2D eigenvalue weighted by atomic mass is 9.50. The van der Waals surface area contributed by atoms with Crippen molar-refractivity contribution in [1.82, 2.24) is 0 Å². The Kier molecular flexibility index (Phi) is 4.24. The first-order valence-electron chi connectivity index (χ1n) is 11.1. The number of rotatable bonds is 2. The summed E-state index contributed by atoms with van der Waals surface area (Å²) in [7, 11) is 0. The van der Waals surface area contributed by atoms with Crippen molar-refractivity contribution in [1.29, 1.82) is 0 Å². The van der Waals surface area contributed by atoms with Gasteiger partial charge in [-0.2, -0.15) is 0 Å². The molecule has 0 heterocycles. The second-order valence-corrected chi connectivity index (χ2v) is 10.2. The standard InChI is InChI=1S/C25H32O3/c1-24-12-10-21-20-9-7-19(27)14-17(20)4-8-22(21)23(24)11-13-25(24,28)15-16-2-5-18(26)6-3-16/h2-3,5-6,14,20-23,26,28H,4,7-13,15H2,1H3/t20-,21+,22+,23-,24-,25+/m0/s1. The van der Waals surface area contributed by atoms with Crippen LogP contribution in [0.25, 0.3) is 0 Å². The molecule has 3 fully saturated rings. The summed E-state index contributed by atoms with van der Waals surface area (Å²) in [4.78, 5) is 11.9. The van der Waals surface area contributed by atoms with Gasteiger partial charge in [-0.05, 0) is 97.8 Å². The van der Waals surface area contributed by atoms with Gasteiger partial charge in [-0.15, -0.1) is 0 Å². The third-order valence-electron chi connectivity index (χ3n) is 9.05. The number of phenolic OH excluding ortho intramolecular Hbond substituents is 1. The molecule has 0 aliphatic heterocycles. The van der Waals surface area contributed by atoms with Crippen LogP contribution in [0, 0.1) is 29.1 Å². The van der Waals surface area contributed by atoms with Crippen molar-refractivity contribution < 1.29 is 15.0 Å². The lowest BCUT2D eigenvalue weighted by molar-refractivity contribution is -0.121. The van der Waals surface area contributed by atoms with Gasteiger partial charge in [0.15, 0.2) is 5.78 Å². The van der Waals surface area contributed by atoms with E-state index in [2.05, 4.69) is 6.92 Å². The molecule has 0 spiro atoms. The normalized spacial score (nSPS) is 42.4. The molecule has 3 nitrogen and oxygen atoms in total. The smallest absolute Gasteiger partial charge is 0.155 e. The number of carbonyl (C=O) groups is 1. The van der Waals surface area contributed by atoms with Crippen molar-refractivity contribution in [2.24, 2.45) is 29.1 Å². The number of hydrogen-bond acceptors (Lipinski definition) is 3. The molecule has 6 atom stereocenters. The number of allylic oxidation sites excluding steroid dienone is 1. The molecule has 0 amide bonds. The molecule has 0 saturated heterocycles. The van der Waals surface area contributed by atoms with Gasteiger partial charge in [0.05, 0.1) is 5.60 Å². The van der Waals surface area contributed by atoms with Crippen LogP contribution in [-0.2, 0) is 11.2 Å². The molecule has 1 aromatic carbocycles. The predicted molar refractivity (Wildman–Crippen MR) is 109 cm³/mol. The summed E-state index contributed by atoms with van der Waals surface area (Å²) < 4.78 is 0. The molecule has 3 saturated carbocycles. The Balaban J connectivity index is 1.40. The number of ketones is 1. The highest BCUT2D eigenvalue weighted by atomic mass is 16.3. The zero-order valence-electron chi connectivity index (χ0n) is 16.9. The molecule has 4 aliphatic carbocycles. The van der Waals surface area contributed by atoms with Gasteiger partial charge >= 0.3 is 0 Å². The first-order chi connectivity index (χ1) is 13.4. The number of carbonyl (C=O) groups excluding carboxylic acids is 1. The summed E-state index contributed by atoms with van der Waals surface area (Å²) in [6.07, 6.45) is 11.0. The number of phenols is 1. The Morgan fingerprint density at radius 1 is 1.00 bits per heavy atom. The van der Waals surface area contributed by atoms with Crippen LogP contribution in [0.3, 0.4) is 0 Å².